The van der Waals surface area contributed by atoms with E-state index in [-0.39, 0.29) is 27.8 Å². The molecule has 0 bridgehead atoms. The van der Waals surface area contributed by atoms with Crippen LogP contribution in [-0.4, -0.2) is 11.9 Å². The normalized spacial score (nSPS) is 15.9. The Bertz CT molecular complexity index is 1240. The molecule has 0 saturated carbocycles. The monoisotopic (exact) mass is 484 g/mol. The zero-order valence-electron chi connectivity index (χ0n) is 17.8. The lowest BCUT2D eigenvalue weighted by Crippen LogP contribution is -2.41. The van der Waals surface area contributed by atoms with Crippen molar-refractivity contribution in [3.8, 4) is 12.1 Å². The van der Waals surface area contributed by atoms with Crippen molar-refractivity contribution in [1.82, 2.24) is 10.6 Å². The van der Waals surface area contributed by atoms with Crippen molar-refractivity contribution in [2.75, 3.05) is 0 Å². The molecular weight excluding hydrogens is 467 g/mol. The van der Waals surface area contributed by atoms with Crippen molar-refractivity contribution >= 4 is 34.9 Å². The fourth-order valence-corrected chi connectivity index (χ4v) is 4.35. The predicted molar refractivity (Wildman–Crippen MR) is 120 cm³/mol. The Labute approximate surface area is 198 Å². The number of nitrogens with one attached hydrogen (secondary N) is 2. The van der Waals surface area contributed by atoms with Crippen LogP contribution in [0.25, 0.3) is 0 Å². The van der Waals surface area contributed by atoms with Gasteiger partial charge >= 0.3 is 6.03 Å². The maximum absolute atomic E-state index is 14.0. The Morgan fingerprint density at radius 2 is 1.85 bits per heavy atom. The van der Waals surface area contributed by atoms with E-state index in [2.05, 4.69) is 11.4 Å². The van der Waals surface area contributed by atoms with Crippen molar-refractivity contribution in [3.05, 3.63) is 79.8 Å². The number of imide groups is 1. The summed E-state index contributed by atoms with van der Waals surface area (Å²) in [5.41, 5.74) is -0.886. The van der Waals surface area contributed by atoms with E-state index in [9.17, 15) is 24.5 Å². The van der Waals surface area contributed by atoms with Crippen LogP contribution < -0.4 is 10.6 Å². The third-order valence-corrected chi connectivity index (χ3v) is 5.92. The van der Waals surface area contributed by atoms with Crippen LogP contribution in [0, 0.1) is 33.9 Å². The largest absolute Gasteiger partial charge is 0.443 e. The van der Waals surface area contributed by atoms with Gasteiger partial charge in [0, 0.05) is 10.3 Å². The number of nitriles is 2. The van der Waals surface area contributed by atoms with E-state index in [1.165, 1.54) is 23.5 Å². The van der Waals surface area contributed by atoms with Gasteiger partial charge in [0.1, 0.15) is 23.2 Å². The molecular formula is C23H18ClFN4O3S. The molecule has 3 amide bonds. The van der Waals surface area contributed by atoms with Crippen LogP contribution in [0.5, 0.6) is 0 Å². The van der Waals surface area contributed by atoms with Gasteiger partial charge in [0.2, 0.25) is 5.88 Å². The molecule has 1 aliphatic heterocycles. The maximum atomic E-state index is 14.0. The first-order chi connectivity index (χ1) is 15.6. The van der Waals surface area contributed by atoms with Gasteiger partial charge in [-0.15, -0.1) is 11.3 Å². The van der Waals surface area contributed by atoms with E-state index in [1.54, 1.807) is 12.1 Å². The lowest BCUT2D eigenvalue weighted by atomic mass is 9.81. The average Bonchev–Trinajstić information content (AvgIpc) is 3.26. The van der Waals surface area contributed by atoms with Gasteiger partial charge in [0.25, 0.3) is 5.91 Å². The molecule has 1 unspecified atom stereocenters. The summed E-state index contributed by atoms with van der Waals surface area (Å²) in [6.07, 6.45) is 0. The first-order valence-corrected chi connectivity index (χ1v) is 10.9. The number of allylic oxidation sites excluding steroid dienone is 3. The van der Waals surface area contributed by atoms with Gasteiger partial charge in [-0.2, -0.15) is 10.5 Å². The Morgan fingerprint density at radius 1 is 1.15 bits per heavy atom. The van der Waals surface area contributed by atoms with Crippen LogP contribution in [0.1, 0.15) is 41.9 Å². The fourth-order valence-electron chi connectivity index (χ4n) is 3.25. The molecule has 7 nitrogen and oxygen atoms in total. The van der Waals surface area contributed by atoms with Gasteiger partial charge in [-0.1, -0.05) is 44.5 Å². The lowest BCUT2D eigenvalue weighted by molar-refractivity contribution is 0.0958. The van der Waals surface area contributed by atoms with E-state index in [0.29, 0.717) is 4.88 Å². The molecule has 2 aromatic rings. The summed E-state index contributed by atoms with van der Waals surface area (Å²) in [6, 6.07) is 10.3. The summed E-state index contributed by atoms with van der Waals surface area (Å²) in [7, 11) is 0. The standard InChI is InChI=1S/C23H18ClFN4O3S/c1-23(2,3)19-12(10-26)17(16-8-5-9-33-16)13(11-27)21(32-19)29-22(31)28-20(30)18-14(24)6-4-7-15(18)25/h4-9,17H,1-3H3,(H2,28,29,30,31). The third kappa shape index (κ3) is 4.90. The molecule has 0 aliphatic carbocycles. The molecule has 0 spiro atoms. The summed E-state index contributed by atoms with van der Waals surface area (Å²) < 4.78 is 19.8. The van der Waals surface area contributed by atoms with Crippen molar-refractivity contribution < 1.29 is 18.7 Å². The van der Waals surface area contributed by atoms with E-state index >= 15 is 0 Å². The van der Waals surface area contributed by atoms with Crippen molar-refractivity contribution in [1.29, 1.82) is 10.5 Å². The highest BCUT2D eigenvalue weighted by atomic mass is 35.5. The molecule has 10 heteroatoms. The molecule has 1 aliphatic rings. The second-order valence-corrected chi connectivity index (χ2v) is 9.40. The number of benzene rings is 1. The predicted octanol–water partition coefficient (Wildman–Crippen LogP) is 5.35. The quantitative estimate of drug-likeness (QED) is 0.609. The Balaban J connectivity index is 1.97. The van der Waals surface area contributed by atoms with Crippen LogP contribution in [0.3, 0.4) is 0 Å². The number of carbonyl (C=O) groups excluding carboxylic acids is 2. The number of hydrogen-bond donors (Lipinski definition) is 2. The van der Waals surface area contributed by atoms with E-state index in [1.807, 2.05) is 37.5 Å². The number of thiophene rings is 1. The number of halogens is 2. The molecule has 2 heterocycles. The lowest BCUT2D eigenvalue weighted by Gasteiger charge is -2.32. The highest BCUT2D eigenvalue weighted by molar-refractivity contribution is 7.10. The molecule has 1 atom stereocenters. The average molecular weight is 485 g/mol. The van der Waals surface area contributed by atoms with Gasteiger partial charge in [-0.25, -0.2) is 9.18 Å². The molecule has 1 aromatic carbocycles. The maximum Gasteiger partial charge on any atom is 0.328 e. The second kappa shape index (κ2) is 9.45. The van der Waals surface area contributed by atoms with Crippen molar-refractivity contribution in [3.63, 3.8) is 0 Å². The number of ether oxygens (including phenoxy) is 1. The first-order valence-electron chi connectivity index (χ1n) is 9.65. The van der Waals surface area contributed by atoms with E-state index in [0.717, 1.165) is 6.07 Å². The molecule has 0 fully saturated rings. The smallest absolute Gasteiger partial charge is 0.328 e. The summed E-state index contributed by atoms with van der Waals surface area (Å²) >= 11 is 7.23. The van der Waals surface area contributed by atoms with Crippen LogP contribution in [-0.2, 0) is 4.74 Å². The molecule has 168 valence electrons. The van der Waals surface area contributed by atoms with Crippen LogP contribution in [0.15, 0.2) is 58.5 Å². The summed E-state index contributed by atoms with van der Waals surface area (Å²) in [5, 5.41) is 25.7. The molecule has 3 rings (SSSR count). The fraction of sp³-hybridized carbons (Fsp3) is 0.217. The Morgan fingerprint density at radius 3 is 2.39 bits per heavy atom. The summed E-state index contributed by atoms with van der Waals surface area (Å²) in [4.78, 5) is 25.7. The number of hydrogen-bond acceptors (Lipinski definition) is 6. The van der Waals surface area contributed by atoms with Crippen molar-refractivity contribution in [2.45, 2.75) is 26.7 Å². The second-order valence-electron chi connectivity index (χ2n) is 8.01. The number of rotatable bonds is 3. The van der Waals surface area contributed by atoms with Gasteiger partial charge in [0.15, 0.2) is 0 Å². The zero-order chi connectivity index (χ0) is 24.3. The number of carbonyl (C=O) groups is 2. The third-order valence-electron chi connectivity index (χ3n) is 4.66. The minimum Gasteiger partial charge on any atom is -0.443 e. The zero-order valence-corrected chi connectivity index (χ0v) is 19.4. The highest BCUT2D eigenvalue weighted by Gasteiger charge is 2.39. The molecule has 0 saturated heterocycles. The molecule has 2 N–H and O–H groups in total. The number of nitrogens with zero attached hydrogens (tertiary/aromatic N) is 2. The van der Waals surface area contributed by atoms with Crippen LogP contribution in [0.4, 0.5) is 9.18 Å². The topological polar surface area (TPSA) is 115 Å². The van der Waals surface area contributed by atoms with Crippen molar-refractivity contribution in [2.24, 2.45) is 5.41 Å². The van der Waals surface area contributed by atoms with Crippen LogP contribution >= 0.6 is 22.9 Å². The van der Waals surface area contributed by atoms with Gasteiger partial charge in [-0.3, -0.25) is 15.4 Å². The van der Waals surface area contributed by atoms with Crippen LogP contribution in [0.2, 0.25) is 5.02 Å². The molecule has 0 radical (unpaired) electrons. The van der Waals surface area contributed by atoms with Gasteiger partial charge in [-0.05, 0) is 23.6 Å². The Hall–Kier alpha value is -3.66. The first kappa shape index (κ1) is 24.0. The Kier molecular flexibility index (Phi) is 6.87. The molecule has 1 aromatic heterocycles. The molecule has 33 heavy (non-hydrogen) atoms. The van der Waals surface area contributed by atoms with Gasteiger partial charge in [0.05, 0.1) is 28.1 Å². The number of amides is 3. The minimum atomic E-state index is -1.07. The highest BCUT2D eigenvalue weighted by Crippen LogP contribution is 2.45. The number of urea groups is 1. The summed E-state index contributed by atoms with van der Waals surface area (Å²) in [5.74, 6) is -2.65. The SMILES string of the molecule is CC(C)(C)C1=C(C#N)C(c2cccs2)C(C#N)=C(NC(=O)NC(=O)c2c(F)cccc2Cl)O1. The van der Waals surface area contributed by atoms with E-state index < -0.39 is 34.7 Å². The van der Waals surface area contributed by atoms with E-state index in [4.69, 9.17) is 16.3 Å². The van der Waals surface area contributed by atoms with Gasteiger partial charge < -0.3 is 4.74 Å². The minimum absolute atomic E-state index is 0.00600. The summed E-state index contributed by atoms with van der Waals surface area (Å²) in [6.45, 7) is 5.47.